The summed E-state index contributed by atoms with van der Waals surface area (Å²) in [7, 11) is -4.77. The fraction of sp³-hybridized carbons (Fsp3) is 0.650. The predicted molar refractivity (Wildman–Crippen MR) is 297 cm³/mol. The fourth-order valence-electron chi connectivity index (χ4n) is 6.98. The number of hydrogen-bond acceptors (Lipinski definition) is 10. The van der Waals surface area contributed by atoms with Crippen LogP contribution < -0.4 is 0 Å². The lowest BCUT2D eigenvalue weighted by Crippen LogP contribution is -2.30. The summed E-state index contributed by atoms with van der Waals surface area (Å²) in [5, 5.41) is 9.80. The Morgan fingerprint density at radius 1 is 0.403 bits per heavy atom. The Kier molecular flexibility index (Phi) is 50.6. The van der Waals surface area contributed by atoms with Gasteiger partial charge in [0.25, 0.3) is 0 Å². The van der Waals surface area contributed by atoms with Gasteiger partial charge in [-0.05, 0) is 122 Å². The molecule has 0 rings (SSSR count). The van der Waals surface area contributed by atoms with Gasteiger partial charge >= 0.3 is 25.7 Å². The zero-order chi connectivity index (χ0) is 52.7. The van der Waals surface area contributed by atoms with E-state index in [1.165, 1.54) is 25.7 Å². The van der Waals surface area contributed by atoms with Gasteiger partial charge in [0, 0.05) is 19.3 Å². The van der Waals surface area contributed by atoms with E-state index in [1.54, 1.807) is 0 Å². The standard InChI is InChI=1S/C60H99O11P/c1-4-7-10-13-16-19-22-25-27-28-30-33-36-39-42-45-48-51-60(64)71-57(53-67-58(62)49-46-43-40-37-34-32-29-26-23-20-17-14-11-8-5-2)55-69-72(65,66)68-54-56(52-61)70-59(63)50-47-44-41-38-35-31-24-21-18-15-12-9-6-3/h7-8,10-11,16-17,19-21,24-27,29-30,33-34,37,56-57,61H,4-6,9,12-15,18,22-23,28,31-32,35-36,38-55H2,1-3H3,(H,65,66)/b10-7-,11-8-,19-16-,20-17-,24-21-,27-25-,29-26-,33-30-,37-34-. The van der Waals surface area contributed by atoms with Crippen molar-refractivity contribution >= 4 is 25.7 Å². The summed E-state index contributed by atoms with van der Waals surface area (Å²) in [4.78, 5) is 48.5. The van der Waals surface area contributed by atoms with Gasteiger partial charge < -0.3 is 24.2 Å². The molecule has 0 bridgehead atoms. The van der Waals surface area contributed by atoms with Crippen LogP contribution in [0.4, 0.5) is 0 Å². The van der Waals surface area contributed by atoms with Crippen LogP contribution in [-0.2, 0) is 42.2 Å². The van der Waals surface area contributed by atoms with Gasteiger partial charge in [0.1, 0.15) is 12.7 Å². The first-order valence-electron chi connectivity index (χ1n) is 27.8. The van der Waals surface area contributed by atoms with Crippen LogP contribution in [0.15, 0.2) is 109 Å². The highest BCUT2D eigenvalue weighted by atomic mass is 31.2. The van der Waals surface area contributed by atoms with Crippen LogP contribution in [-0.4, -0.2) is 66.5 Å². The van der Waals surface area contributed by atoms with Crippen LogP contribution in [0.25, 0.3) is 0 Å². The molecular formula is C60H99O11P. The number of carbonyl (C=O) groups is 3. The van der Waals surface area contributed by atoms with E-state index >= 15 is 0 Å². The molecule has 0 aliphatic carbocycles. The summed E-state index contributed by atoms with van der Waals surface area (Å²) in [5.41, 5.74) is 0. The second-order valence-electron chi connectivity index (χ2n) is 18.0. The molecule has 410 valence electrons. The summed E-state index contributed by atoms with van der Waals surface area (Å²) in [6.45, 7) is 4.30. The molecule has 12 heteroatoms. The van der Waals surface area contributed by atoms with E-state index in [0.717, 1.165) is 128 Å². The van der Waals surface area contributed by atoms with Crippen molar-refractivity contribution in [3.05, 3.63) is 109 Å². The molecule has 72 heavy (non-hydrogen) atoms. The number of rotatable bonds is 50. The van der Waals surface area contributed by atoms with E-state index in [4.69, 9.17) is 23.3 Å². The zero-order valence-corrected chi connectivity index (χ0v) is 46.0. The lowest BCUT2D eigenvalue weighted by atomic mass is 10.1. The molecule has 0 fully saturated rings. The van der Waals surface area contributed by atoms with Gasteiger partial charge in [-0.3, -0.25) is 23.4 Å². The van der Waals surface area contributed by atoms with Gasteiger partial charge in [0.05, 0.1) is 19.8 Å². The number of carbonyl (C=O) groups excluding carboxylic acids is 3. The third-order valence-electron chi connectivity index (χ3n) is 11.2. The molecule has 0 aromatic carbocycles. The summed E-state index contributed by atoms with van der Waals surface area (Å²) in [6, 6.07) is 0. The number of ether oxygens (including phenoxy) is 3. The molecule has 0 saturated carbocycles. The number of phosphoric acid groups is 1. The molecule has 0 radical (unpaired) electrons. The van der Waals surface area contributed by atoms with Crippen molar-refractivity contribution in [2.24, 2.45) is 0 Å². The number of aliphatic hydroxyl groups excluding tert-OH is 1. The van der Waals surface area contributed by atoms with Crippen LogP contribution in [0.2, 0.25) is 0 Å². The van der Waals surface area contributed by atoms with Crippen molar-refractivity contribution in [3.8, 4) is 0 Å². The van der Waals surface area contributed by atoms with Crippen molar-refractivity contribution in [1.29, 1.82) is 0 Å². The van der Waals surface area contributed by atoms with E-state index < -0.39 is 57.8 Å². The van der Waals surface area contributed by atoms with E-state index in [-0.39, 0.29) is 25.9 Å². The van der Waals surface area contributed by atoms with Gasteiger partial charge in [0.2, 0.25) is 0 Å². The number of hydrogen-bond donors (Lipinski definition) is 2. The first kappa shape index (κ1) is 68.1. The summed E-state index contributed by atoms with van der Waals surface area (Å²) in [6.07, 6.45) is 63.4. The van der Waals surface area contributed by atoms with Crippen LogP contribution >= 0.6 is 7.82 Å². The molecule has 0 saturated heterocycles. The Morgan fingerprint density at radius 3 is 1.15 bits per heavy atom. The number of esters is 3. The highest BCUT2D eigenvalue weighted by Crippen LogP contribution is 2.43. The molecule has 0 aliphatic rings. The first-order valence-corrected chi connectivity index (χ1v) is 29.3. The van der Waals surface area contributed by atoms with Gasteiger partial charge in [-0.1, -0.05) is 182 Å². The number of phosphoric ester groups is 1. The first-order chi connectivity index (χ1) is 35.2. The van der Waals surface area contributed by atoms with E-state index in [1.807, 2.05) is 0 Å². The van der Waals surface area contributed by atoms with Crippen LogP contribution in [0.5, 0.6) is 0 Å². The van der Waals surface area contributed by atoms with Gasteiger partial charge in [0.15, 0.2) is 6.10 Å². The maximum absolute atomic E-state index is 12.9. The number of unbranched alkanes of at least 4 members (excludes halogenated alkanes) is 15. The quantitative estimate of drug-likeness (QED) is 0.0197. The molecule has 2 N–H and O–H groups in total. The Bertz CT molecular complexity index is 1620. The predicted octanol–water partition coefficient (Wildman–Crippen LogP) is 16.2. The highest BCUT2D eigenvalue weighted by Gasteiger charge is 2.28. The van der Waals surface area contributed by atoms with E-state index in [2.05, 4.69) is 130 Å². The molecule has 3 atom stereocenters. The molecular weight excluding hydrogens is 928 g/mol. The Morgan fingerprint density at radius 2 is 0.722 bits per heavy atom. The summed E-state index contributed by atoms with van der Waals surface area (Å²) in [5.74, 6) is -1.56. The van der Waals surface area contributed by atoms with E-state index in [0.29, 0.717) is 19.3 Å². The minimum Gasteiger partial charge on any atom is -0.462 e. The van der Waals surface area contributed by atoms with Crippen molar-refractivity contribution in [1.82, 2.24) is 0 Å². The molecule has 0 amide bonds. The van der Waals surface area contributed by atoms with Crippen molar-refractivity contribution in [2.75, 3.05) is 26.4 Å². The highest BCUT2D eigenvalue weighted by molar-refractivity contribution is 7.47. The molecule has 11 nitrogen and oxygen atoms in total. The molecule has 0 aromatic heterocycles. The van der Waals surface area contributed by atoms with E-state index in [9.17, 15) is 28.9 Å². The molecule has 0 aliphatic heterocycles. The Balaban J connectivity index is 4.86. The monoisotopic (exact) mass is 1030 g/mol. The Hall–Kier alpha value is -3.86. The average Bonchev–Trinajstić information content (AvgIpc) is 3.37. The van der Waals surface area contributed by atoms with Crippen LogP contribution in [0.3, 0.4) is 0 Å². The number of allylic oxidation sites excluding steroid dienone is 18. The average molecular weight is 1030 g/mol. The second-order valence-corrected chi connectivity index (χ2v) is 19.4. The van der Waals surface area contributed by atoms with Crippen molar-refractivity contribution in [3.63, 3.8) is 0 Å². The lowest BCUT2D eigenvalue weighted by Gasteiger charge is -2.21. The van der Waals surface area contributed by atoms with Crippen molar-refractivity contribution in [2.45, 2.75) is 226 Å². The minimum atomic E-state index is -4.77. The smallest absolute Gasteiger partial charge is 0.462 e. The normalized spacial score (nSPS) is 14.2. The molecule has 0 heterocycles. The molecule has 0 spiro atoms. The Labute approximate surface area is 437 Å². The largest absolute Gasteiger partial charge is 0.472 e. The third-order valence-corrected chi connectivity index (χ3v) is 12.1. The van der Waals surface area contributed by atoms with Gasteiger partial charge in [-0.25, -0.2) is 4.57 Å². The maximum atomic E-state index is 12.9. The fourth-order valence-corrected chi connectivity index (χ4v) is 7.76. The lowest BCUT2D eigenvalue weighted by molar-refractivity contribution is -0.161. The van der Waals surface area contributed by atoms with Gasteiger partial charge in [-0.2, -0.15) is 0 Å². The molecule has 0 aromatic rings. The minimum absolute atomic E-state index is 0.124. The summed E-state index contributed by atoms with van der Waals surface area (Å²) < 4.78 is 39.4. The van der Waals surface area contributed by atoms with Crippen LogP contribution in [0.1, 0.15) is 213 Å². The third kappa shape index (κ3) is 51.1. The topological polar surface area (TPSA) is 155 Å². The second kappa shape index (κ2) is 53.4. The van der Waals surface area contributed by atoms with Crippen LogP contribution in [0, 0.1) is 0 Å². The zero-order valence-electron chi connectivity index (χ0n) is 45.1. The van der Waals surface area contributed by atoms with Crippen molar-refractivity contribution < 1.29 is 52.2 Å². The number of aliphatic hydroxyl groups is 1. The summed E-state index contributed by atoms with van der Waals surface area (Å²) >= 11 is 0. The molecule has 3 unspecified atom stereocenters. The maximum Gasteiger partial charge on any atom is 0.472 e. The van der Waals surface area contributed by atoms with Gasteiger partial charge in [-0.15, -0.1) is 0 Å². The SMILES string of the molecule is CC/C=C\C/C=C\C/C=C\C/C=C\CCCCCCC(=O)OC(COC(=O)CCCC/C=C\C/C=C\C/C=C\C/C=C\CC)COP(=O)(O)OCC(CO)OC(=O)CCCCCCC/C=C\CCCCCC.